The Kier molecular flexibility index (Phi) is 48.5. The van der Waals surface area contributed by atoms with Gasteiger partial charge in [-0.2, -0.15) is 18.0 Å². The Hall–Kier alpha value is -3.99. The van der Waals surface area contributed by atoms with Crippen molar-refractivity contribution in [3.63, 3.8) is 0 Å². The van der Waals surface area contributed by atoms with E-state index in [1.807, 2.05) is 18.2 Å². The van der Waals surface area contributed by atoms with E-state index in [4.69, 9.17) is 41.7 Å². The summed E-state index contributed by atoms with van der Waals surface area (Å²) >= 11 is 0. The summed E-state index contributed by atoms with van der Waals surface area (Å²) in [5.41, 5.74) is 2.89. The Morgan fingerprint density at radius 2 is 0.774 bits per heavy atom. The minimum Gasteiger partial charge on any atom is -0.687 e. The van der Waals surface area contributed by atoms with Gasteiger partial charge < -0.3 is 66.1 Å². The second-order valence-corrected chi connectivity index (χ2v) is 14.5. The van der Waals surface area contributed by atoms with Crippen molar-refractivity contribution in [2.24, 2.45) is 53.1 Å². The molecule has 358 valence electrons. The normalized spacial score (nSPS) is 16.1. The van der Waals surface area contributed by atoms with Gasteiger partial charge in [-0.25, -0.2) is 0 Å². The van der Waals surface area contributed by atoms with Gasteiger partial charge >= 0.3 is 33.6 Å². The van der Waals surface area contributed by atoms with Crippen molar-refractivity contribution in [2.45, 2.75) is 150 Å². The van der Waals surface area contributed by atoms with Crippen molar-refractivity contribution in [1.82, 2.24) is 0 Å². The molecule has 2 aliphatic rings. The first kappa shape index (κ1) is 64.6. The van der Waals surface area contributed by atoms with Crippen LogP contribution in [0.25, 0.3) is 10.6 Å². The average Bonchev–Trinajstić information content (AvgIpc) is 3.29. The van der Waals surface area contributed by atoms with Crippen molar-refractivity contribution < 1.29 is 75.2 Å². The minimum absolute atomic E-state index is 0. The monoisotopic (exact) mass is 964 g/mol. The number of hydrogen-bond donors (Lipinski definition) is 8. The SMILES string of the molecule is C1=CC[N-]C=C1.C1CC[N-]CC1.[CH2-]C(CCCCC(=NO)C(C)=NO)CCCCC(=NO)C(C)=NO.[CH2-]C(CCCCC(=NO)C(C)=NO)CCCCC(=NO)C(C)=NO.[Co+2].[Co+2]. The van der Waals surface area contributed by atoms with E-state index in [2.05, 4.69) is 65.7 Å². The Morgan fingerprint density at radius 3 is 0.919 bits per heavy atom. The summed E-state index contributed by atoms with van der Waals surface area (Å²) in [4.78, 5) is 0. The van der Waals surface area contributed by atoms with Gasteiger partial charge in [0.25, 0.3) is 0 Å². The van der Waals surface area contributed by atoms with E-state index in [9.17, 15) is 0 Å². The van der Waals surface area contributed by atoms with Gasteiger partial charge in [0.15, 0.2) is 0 Å². The standard InChI is InChI=1S/2C16H29N4O4.C5H10N.C5H6N.2Co/c2*1-12(8-4-6-10-15(19-23)13(2)17-21)9-5-7-11-16(20-24)14(3)18-22;2*1-2-4-6-5-3-1;;/h2*12,21-24H,1,4-11H2,2-3H3;1-5H2;1-4H,5H2;;/q4*-1;2*+2. The molecule has 0 aromatic rings. The molecule has 0 spiro atoms. The summed E-state index contributed by atoms with van der Waals surface area (Å²) in [6.45, 7) is 17.7. The molecule has 0 aromatic heterocycles. The Bertz CT molecular complexity index is 1220. The summed E-state index contributed by atoms with van der Waals surface area (Å²) < 4.78 is 0. The molecule has 62 heavy (non-hydrogen) atoms. The van der Waals surface area contributed by atoms with Crippen LogP contribution in [0, 0.1) is 25.7 Å². The summed E-state index contributed by atoms with van der Waals surface area (Å²) in [5, 5.41) is 103. The molecule has 0 unspecified atom stereocenters. The first-order valence-corrected chi connectivity index (χ1v) is 20.9. The van der Waals surface area contributed by atoms with Crippen LogP contribution in [0.15, 0.2) is 65.7 Å². The van der Waals surface area contributed by atoms with Crippen molar-refractivity contribution in [2.75, 3.05) is 19.6 Å². The average molecular weight is 965 g/mol. The number of rotatable bonds is 24. The maximum Gasteiger partial charge on any atom is 2.00 e. The van der Waals surface area contributed by atoms with Crippen LogP contribution in [0.2, 0.25) is 0 Å². The van der Waals surface area contributed by atoms with Gasteiger partial charge in [0.2, 0.25) is 0 Å². The smallest absolute Gasteiger partial charge is 0.687 e. The molecule has 0 aliphatic carbocycles. The molecule has 2 radical (unpaired) electrons. The summed E-state index contributed by atoms with van der Waals surface area (Å²) in [6, 6.07) is 0. The predicted octanol–water partition coefficient (Wildman–Crippen LogP) is 10.8. The molecule has 0 aromatic carbocycles. The van der Waals surface area contributed by atoms with Gasteiger partial charge in [-0.05, 0) is 79.1 Å². The van der Waals surface area contributed by atoms with Crippen LogP contribution >= 0.6 is 0 Å². The molecule has 0 bridgehead atoms. The molecule has 2 aliphatic heterocycles. The van der Waals surface area contributed by atoms with E-state index in [-0.39, 0.29) is 33.6 Å². The zero-order valence-corrected chi connectivity index (χ0v) is 39.2. The van der Waals surface area contributed by atoms with Crippen molar-refractivity contribution in [3.05, 3.63) is 48.9 Å². The zero-order chi connectivity index (χ0) is 45.2. The van der Waals surface area contributed by atoms with E-state index in [0.29, 0.717) is 83.2 Å². The Balaban J connectivity index is -0.000000413. The third-order valence-corrected chi connectivity index (χ3v) is 9.64. The fourth-order valence-corrected chi connectivity index (χ4v) is 5.74. The first-order valence-electron chi connectivity index (χ1n) is 20.9. The van der Waals surface area contributed by atoms with Gasteiger partial charge in [-0.1, -0.05) is 124 Å². The molecule has 1 saturated heterocycles. The molecule has 18 nitrogen and oxygen atoms in total. The molecule has 20 heteroatoms. The quantitative estimate of drug-likeness (QED) is 0.0151. The molecular formula is C42H74Co2N10O8. The molecule has 2 heterocycles. The topological polar surface area (TPSA) is 289 Å². The van der Waals surface area contributed by atoms with E-state index >= 15 is 0 Å². The molecule has 1 fully saturated rings. The van der Waals surface area contributed by atoms with Crippen LogP contribution in [0.1, 0.15) is 150 Å². The van der Waals surface area contributed by atoms with Gasteiger partial charge in [0.05, 0.1) is 0 Å². The van der Waals surface area contributed by atoms with Gasteiger partial charge in [-0.15, -0.1) is 25.7 Å². The summed E-state index contributed by atoms with van der Waals surface area (Å²) in [7, 11) is 0. The van der Waals surface area contributed by atoms with E-state index in [1.54, 1.807) is 33.9 Å². The van der Waals surface area contributed by atoms with Gasteiger partial charge in [0.1, 0.15) is 45.7 Å². The molecule has 0 saturated carbocycles. The Morgan fingerprint density at radius 1 is 0.468 bits per heavy atom. The number of unbranched alkanes of at least 4 members (excludes halogenated alkanes) is 4. The summed E-state index contributed by atoms with van der Waals surface area (Å²) in [6.07, 6.45) is 25.1. The maximum absolute atomic E-state index is 8.83. The van der Waals surface area contributed by atoms with Crippen LogP contribution in [0.5, 0.6) is 0 Å². The number of hydrogen-bond acceptors (Lipinski definition) is 16. The third-order valence-electron chi connectivity index (χ3n) is 9.64. The second-order valence-electron chi connectivity index (χ2n) is 14.5. The van der Waals surface area contributed by atoms with Crippen molar-refractivity contribution >= 4 is 45.7 Å². The number of nitrogens with zero attached hydrogens (tertiary/aromatic N) is 10. The van der Waals surface area contributed by atoms with E-state index in [0.717, 1.165) is 96.7 Å². The van der Waals surface area contributed by atoms with Crippen molar-refractivity contribution in [3.8, 4) is 0 Å². The fourth-order valence-electron chi connectivity index (χ4n) is 5.74. The second kappa shape index (κ2) is 46.5. The minimum atomic E-state index is 0. The summed E-state index contributed by atoms with van der Waals surface area (Å²) in [5.74, 6) is 0.656. The third kappa shape index (κ3) is 36.6. The fraction of sp³-hybridized carbons (Fsp3) is 0.667. The molecule has 0 amide bonds. The van der Waals surface area contributed by atoms with E-state index < -0.39 is 0 Å². The zero-order valence-electron chi connectivity index (χ0n) is 37.2. The molecule has 0 atom stereocenters. The van der Waals surface area contributed by atoms with E-state index in [1.165, 1.54) is 19.3 Å². The van der Waals surface area contributed by atoms with Crippen LogP contribution in [-0.2, 0) is 33.6 Å². The number of oxime groups is 8. The number of allylic oxidation sites excluding steroid dienone is 2. The molecule has 8 N–H and O–H groups in total. The van der Waals surface area contributed by atoms with Crippen molar-refractivity contribution in [1.29, 1.82) is 0 Å². The van der Waals surface area contributed by atoms with Crippen LogP contribution in [0.3, 0.4) is 0 Å². The van der Waals surface area contributed by atoms with Gasteiger partial charge in [0, 0.05) is 0 Å². The molecule has 2 rings (SSSR count). The Labute approximate surface area is 390 Å². The largest absolute Gasteiger partial charge is 2.00 e. The predicted molar refractivity (Wildman–Crippen MR) is 241 cm³/mol. The van der Waals surface area contributed by atoms with Crippen LogP contribution in [-0.4, -0.2) is 107 Å². The maximum atomic E-state index is 8.83. The van der Waals surface area contributed by atoms with Gasteiger partial charge in [-0.3, -0.25) is 0 Å². The first-order chi connectivity index (χ1) is 29.0. The number of piperidine rings is 1. The molecular weight excluding hydrogens is 890 g/mol. The van der Waals surface area contributed by atoms with Crippen LogP contribution < -0.4 is 0 Å². The van der Waals surface area contributed by atoms with Crippen LogP contribution in [0.4, 0.5) is 0 Å².